The standard InChI is InChI=1S/C49H55N3O10S.Na/c1-33-32-48(2,3)51(24-25-60-27-26-59-6)41-31-43-38(30-37(33)41)35(28-42(61-43)34-14-9-7-10-15-34)16-13-17-44-49(4,5)39-29-36(63(56,57)58)19-20-40(39)50(44)23-12-8-11-18-47(55)62-52-45(53)21-22-46(52)54;/h7,9-10,13-17,19-20,28-32H,8,11-12,18,21-27H2,1-6H3;/q;+1. The van der Waals surface area contributed by atoms with Gasteiger partial charge in [0.1, 0.15) is 28.2 Å². The molecule has 3 aromatic carbocycles. The predicted molar refractivity (Wildman–Crippen MR) is 239 cm³/mol. The van der Waals surface area contributed by atoms with Gasteiger partial charge in [-0.15, -0.1) is 5.06 Å². The van der Waals surface area contributed by atoms with Crippen molar-refractivity contribution in [3.05, 3.63) is 113 Å². The van der Waals surface area contributed by atoms with Crippen LogP contribution < -0.4 is 39.2 Å². The Kier molecular flexibility index (Phi) is 15.4. The van der Waals surface area contributed by atoms with E-state index < -0.39 is 33.3 Å². The second-order valence-corrected chi connectivity index (χ2v) is 18.6. The summed E-state index contributed by atoms with van der Waals surface area (Å²) in [6.45, 7) is 13.3. The number of anilines is 1. The minimum atomic E-state index is -4.71. The van der Waals surface area contributed by atoms with E-state index in [9.17, 15) is 27.4 Å². The van der Waals surface area contributed by atoms with Gasteiger partial charge in [-0.3, -0.25) is 9.59 Å². The summed E-state index contributed by atoms with van der Waals surface area (Å²) in [6, 6.07) is 18.8. The van der Waals surface area contributed by atoms with Crippen molar-refractivity contribution in [2.75, 3.05) is 44.9 Å². The van der Waals surface area contributed by atoms with Gasteiger partial charge in [0.25, 0.3) is 11.8 Å². The van der Waals surface area contributed by atoms with Gasteiger partial charge >= 0.3 is 35.5 Å². The molecule has 0 aromatic heterocycles. The molecular weight excluding hydrogens is 846 g/mol. The largest absolute Gasteiger partial charge is 1.00 e. The summed E-state index contributed by atoms with van der Waals surface area (Å²) in [7, 11) is -3.04. The first-order valence-electron chi connectivity index (χ1n) is 21.4. The van der Waals surface area contributed by atoms with Gasteiger partial charge in [-0.1, -0.05) is 48.6 Å². The molecule has 0 aliphatic carbocycles. The van der Waals surface area contributed by atoms with Crippen molar-refractivity contribution in [1.82, 2.24) is 5.06 Å². The van der Waals surface area contributed by atoms with Crippen LogP contribution >= 0.6 is 0 Å². The van der Waals surface area contributed by atoms with E-state index in [4.69, 9.17) is 19.0 Å². The summed E-state index contributed by atoms with van der Waals surface area (Å²) in [4.78, 5) is 43.3. The monoisotopic (exact) mass is 900 g/mol. The topological polar surface area (TPSA) is 155 Å². The summed E-state index contributed by atoms with van der Waals surface area (Å²) < 4.78 is 56.4. The molecule has 0 atom stereocenters. The van der Waals surface area contributed by atoms with E-state index in [0.717, 1.165) is 50.7 Å². The zero-order valence-electron chi connectivity index (χ0n) is 37.8. The van der Waals surface area contributed by atoms with Gasteiger partial charge < -0.3 is 28.5 Å². The molecule has 0 N–H and O–H groups in total. The minimum Gasteiger partial charge on any atom is -0.744 e. The van der Waals surface area contributed by atoms with E-state index in [1.165, 1.54) is 12.1 Å². The van der Waals surface area contributed by atoms with Crippen molar-refractivity contribution in [1.29, 1.82) is 0 Å². The van der Waals surface area contributed by atoms with Gasteiger partial charge in [0.15, 0.2) is 5.71 Å². The zero-order valence-corrected chi connectivity index (χ0v) is 40.6. The maximum Gasteiger partial charge on any atom is 1.00 e. The van der Waals surface area contributed by atoms with Crippen LogP contribution in [0.15, 0.2) is 95.9 Å². The van der Waals surface area contributed by atoms with Crippen molar-refractivity contribution in [3.8, 4) is 5.75 Å². The average Bonchev–Trinajstić information content (AvgIpc) is 3.66. The second kappa shape index (κ2) is 20.2. The number of allylic oxidation sites excluding steroid dienone is 6. The Bertz CT molecular complexity index is 2560. The fourth-order valence-electron chi connectivity index (χ4n) is 8.79. The molecule has 0 saturated carbocycles. The molecule has 1 saturated heterocycles. The van der Waals surface area contributed by atoms with E-state index >= 15 is 0 Å². The first-order chi connectivity index (χ1) is 30.0. The van der Waals surface area contributed by atoms with Crippen LogP contribution in [-0.4, -0.2) is 91.7 Å². The Morgan fingerprint density at radius 2 is 1.67 bits per heavy atom. The van der Waals surface area contributed by atoms with Gasteiger partial charge in [-0.05, 0) is 82.9 Å². The number of fused-ring (bicyclic) bond motifs is 3. The molecule has 7 rings (SSSR count). The van der Waals surface area contributed by atoms with Crippen LogP contribution in [0.25, 0.3) is 16.9 Å². The first kappa shape index (κ1) is 48.8. The van der Waals surface area contributed by atoms with E-state index in [1.807, 2.05) is 62.4 Å². The van der Waals surface area contributed by atoms with Crippen LogP contribution in [0.5, 0.6) is 5.75 Å². The summed E-state index contributed by atoms with van der Waals surface area (Å²) in [5.41, 5.74) is 7.55. The fourth-order valence-corrected chi connectivity index (χ4v) is 9.28. The maximum absolute atomic E-state index is 12.4. The number of ether oxygens (including phenoxy) is 3. The minimum absolute atomic E-state index is 0. The smallest absolute Gasteiger partial charge is 0.744 e. The van der Waals surface area contributed by atoms with Crippen LogP contribution in [0.1, 0.15) is 95.4 Å². The van der Waals surface area contributed by atoms with Gasteiger partial charge in [0.05, 0.1) is 35.7 Å². The molecule has 3 aromatic rings. The molecule has 4 heterocycles. The summed E-state index contributed by atoms with van der Waals surface area (Å²) in [6.07, 6.45) is 12.3. The number of benzene rings is 3. The van der Waals surface area contributed by atoms with Crippen molar-refractivity contribution >= 4 is 61.9 Å². The number of methoxy groups -OCH3 is 1. The van der Waals surface area contributed by atoms with Crippen molar-refractivity contribution in [2.24, 2.45) is 0 Å². The van der Waals surface area contributed by atoms with Gasteiger partial charge in [0, 0.05) is 85.5 Å². The number of carbonyl (C=O) groups excluding carboxylic acids is 3. The fraction of sp³-hybridized carbons (Fsp3) is 0.388. The molecule has 0 spiro atoms. The molecule has 15 heteroatoms. The van der Waals surface area contributed by atoms with Crippen LogP contribution in [0.3, 0.4) is 0 Å². The molecule has 0 radical (unpaired) electrons. The third kappa shape index (κ3) is 10.5. The van der Waals surface area contributed by atoms with Crippen LogP contribution in [0, 0.1) is 0 Å². The van der Waals surface area contributed by atoms with Crippen molar-refractivity contribution < 1.29 is 80.5 Å². The number of hydroxylamine groups is 2. The number of nitrogens with zero attached hydrogens (tertiary/aromatic N) is 3. The number of unbranched alkanes of at least 4 members (excludes halogenated alkanes) is 2. The van der Waals surface area contributed by atoms with Crippen LogP contribution in [-0.2, 0) is 44.2 Å². The normalized spacial score (nSPS) is 18.1. The zero-order chi connectivity index (χ0) is 45.1. The van der Waals surface area contributed by atoms with Crippen molar-refractivity contribution in [3.63, 3.8) is 0 Å². The van der Waals surface area contributed by atoms with Crippen LogP contribution in [0.4, 0.5) is 11.4 Å². The molecule has 332 valence electrons. The Balaban J connectivity index is 0.00000680. The van der Waals surface area contributed by atoms with Crippen molar-refractivity contribution in [2.45, 2.75) is 89.0 Å². The summed E-state index contributed by atoms with van der Waals surface area (Å²) in [5, 5.41) is 0.561. The Morgan fingerprint density at radius 1 is 0.938 bits per heavy atom. The number of imide groups is 1. The third-order valence-electron chi connectivity index (χ3n) is 12.0. The van der Waals surface area contributed by atoms with Gasteiger partial charge in [-0.25, -0.2) is 13.2 Å². The quantitative estimate of drug-likeness (QED) is 0.0599. The molecule has 1 fully saturated rings. The molecule has 0 unspecified atom stereocenters. The number of hydrogen-bond donors (Lipinski definition) is 0. The molecule has 4 aliphatic heterocycles. The maximum atomic E-state index is 12.4. The van der Waals surface area contributed by atoms with Crippen LogP contribution in [0.2, 0.25) is 0 Å². The van der Waals surface area contributed by atoms with E-state index in [1.54, 1.807) is 13.2 Å². The van der Waals surface area contributed by atoms with E-state index in [-0.39, 0.29) is 59.3 Å². The second-order valence-electron chi connectivity index (χ2n) is 17.2. The Hall–Kier alpha value is -4.67. The summed E-state index contributed by atoms with van der Waals surface area (Å²) >= 11 is 0. The number of amides is 2. The van der Waals surface area contributed by atoms with Gasteiger partial charge in [0.2, 0.25) is 5.69 Å². The summed E-state index contributed by atoms with van der Waals surface area (Å²) in [5.74, 6) is -0.250. The predicted octanol–water partition coefficient (Wildman–Crippen LogP) is 4.88. The van der Waals surface area contributed by atoms with E-state index in [2.05, 4.69) is 54.5 Å². The SMILES string of the molecule is COCCOCCN1c2cc3c(cc2C(C)=CC1(C)C)C(=CC=CC1=[N+](CCCCCC(=O)ON2C(=O)CCC2=O)c2ccc(S(=O)(=O)[O-])cc2C1(C)C)C=C(c1ccccc1)O3.[Na+]. The first-order valence-corrected chi connectivity index (χ1v) is 22.8. The molecular formula is C49H55N3NaO10S+. The van der Waals surface area contributed by atoms with E-state index in [0.29, 0.717) is 68.6 Å². The molecule has 0 bridgehead atoms. The molecule has 64 heavy (non-hydrogen) atoms. The number of hydrogen-bond acceptors (Lipinski definition) is 11. The molecule has 4 aliphatic rings. The molecule has 2 amide bonds. The third-order valence-corrected chi connectivity index (χ3v) is 12.8. The Morgan fingerprint density at radius 3 is 2.38 bits per heavy atom. The molecule has 13 nitrogen and oxygen atoms in total. The number of rotatable bonds is 17. The average molecular weight is 901 g/mol. The Labute approximate surface area is 398 Å². The van der Waals surface area contributed by atoms with Gasteiger partial charge in [-0.2, -0.15) is 4.58 Å². The number of carbonyl (C=O) groups is 3.